The molecule has 27 heavy (non-hydrogen) atoms. The maximum absolute atomic E-state index is 12.7. The van der Waals surface area contributed by atoms with Crippen molar-refractivity contribution in [3.63, 3.8) is 0 Å². The Morgan fingerprint density at radius 1 is 1.04 bits per heavy atom. The molecule has 2 N–H and O–H groups in total. The van der Waals surface area contributed by atoms with Gasteiger partial charge in [-0.1, -0.05) is 29.8 Å². The van der Waals surface area contributed by atoms with Crippen molar-refractivity contribution in [2.24, 2.45) is 0 Å². The van der Waals surface area contributed by atoms with E-state index in [0.717, 1.165) is 32.7 Å². The minimum atomic E-state index is -3.57. The zero-order chi connectivity index (χ0) is 19.5. The first-order valence-electron chi connectivity index (χ1n) is 9.18. The van der Waals surface area contributed by atoms with E-state index in [-0.39, 0.29) is 4.90 Å². The van der Waals surface area contributed by atoms with Crippen LogP contribution in [0.15, 0.2) is 59.5 Å². The number of nitrogens with one attached hydrogen (secondary N) is 2. The average molecular weight is 409 g/mol. The number of para-hydroxylation sites is 1. The van der Waals surface area contributed by atoms with Gasteiger partial charge < -0.3 is 9.80 Å². The summed E-state index contributed by atoms with van der Waals surface area (Å²) in [5, 5.41) is 0.522. The van der Waals surface area contributed by atoms with E-state index < -0.39 is 15.6 Å². The number of hydrogen-bond donors (Lipinski definition) is 2. The Hall–Kier alpha value is -1.60. The van der Waals surface area contributed by atoms with Gasteiger partial charge >= 0.3 is 0 Å². The topological polar surface area (TPSA) is 53.9 Å². The van der Waals surface area contributed by atoms with Gasteiger partial charge in [0.25, 0.3) is 0 Å². The van der Waals surface area contributed by atoms with Crippen molar-refractivity contribution < 1.29 is 13.3 Å². The Bertz CT molecular complexity index is 847. The van der Waals surface area contributed by atoms with Crippen LogP contribution in [-0.4, -0.2) is 46.7 Å². The maximum atomic E-state index is 12.7. The zero-order valence-corrected chi connectivity index (χ0v) is 17.4. The zero-order valence-electron chi connectivity index (χ0n) is 15.8. The van der Waals surface area contributed by atoms with Gasteiger partial charge in [-0.15, -0.1) is 0 Å². The molecule has 0 spiro atoms. The number of piperazine rings is 1. The Balaban J connectivity index is 1.58. The first-order chi connectivity index (χ1) is 12.8. The molecule has 0 atom stereocenters. The number of anilines is 1. The smallest absolute Gasteiger partial charge is 0.241 e. The molecule has 0 unspecified atom stereocenters. The van der Waals surface area contributed by atoms with E-state index in [4.69, 9.17) is 11.6 Å². The lowest BCUT2D eigenvalue weighted by Crippen LogP contribution is -3.16. The third-order valence-corrected chi connectivity index (χ3v) is 6.78. The molecule has 0 saturated carbocycles. The molecule has 5 nitrogen and oxygen atoms in total. The predicted octanol–water partition coefficient (Wildman–Crippen LogP) is 1.80. The second-order valence-corrected chi connectivity index (χ2v) is 9.81. The average Bonchev–Trinajstić information content (AvgIpc) is 2.62. The Kier molecular flexibility index (Phi) is 6.11. The highest BCUT2D eigenvalue weighted by Gasteiger charge is 2.32. The number of sulfonamides is 1. The van der Waals surface area contributed by atoms with Crippen molar-refractivity contribution in [2.75, 3.05) is 37.6 Å². The highest BCUT2D eigenvalue weighted by molar-refractivity contribution is 7.89. The molecule has 1 aliphatic heterocycles. The second-order valence-electron chi connectivity index (χ2n) is 7.69. The molecular weight excluding hydrogens is 382 g/mol. The quantitative estimate of drug-likeness (QED) is 0.766. The molecule has 0 bridgehead atoms. The van der Waals surface area contributed by atoms with Crippen LogP contribution < -0.4 is 14.5 Å². The van der Waals surface area contributed by atoms with E-state index in [2.05, 4.69) is 33.9 Å². The van der Waals surface area contributed by atoms with Gasteiger partial charge in [-0.05, 0) is 50.2 Å². The van der Waals surface area contributed by atoms with Crippen molar-refractivity contribution in [3.8, 4) is 0 Å². The van der Waals surface area contributed by atoms with Gasteiger partial charge in [0, 0.05) is 10.7 Å². The summed E-state index contributed by atoms with van der Waals surface area (Å²) < 4.78 is 28.2. The summed E-state index contributed by atoms with van der Waals surface area (Å²) in [5.74, 6) is 0. The summed E-state index contributed by atoms with van der Waals surface area (Å²) in [4.78, 5) is 4.03. The molecule has 146 valence electrons. The van der Waals surface area contributed by atoms with E-state index in [0.29, 0.717) is 5.02 Å². The van der Waals surface area contributed by atoms with Gasteiger partial charge in [-0.25, -0.2) is 8.42 Å². The molecule has 3 rings (SSSR count). The molecule has 1 fully saturated rings. The van der Waals surface area contributed by atoms with E-state index in [1.54, 1.807) is 12.1 Å². The molecule has 0 aliphatic carbocycles. The van der Waals surface area contributed by atoms with E-state index in [9.17, 15) is 8.42 Å². The molecular formula is C20H27ClN3O2S+. The van der Waals surface area contributed by atoms with Crippen molar-refractivity contribution in [1.82, 2.24) is 4.72 Å². The third kappa shape index (κ3) is 5.45. The number of hydrogen-bond acceptors (Lipinski definition) is 3. The van der Waals surface area contributed by atoms with E-state index >= 15 is 0 Å². The van der Waals surface area contributed by atoms with Crippen LogP contribution in [0.4, 0.5) is 5.69 Å². The molecule has 2 aromatic carbocycles. The highest BCUT2D eigenvalue weighted by atomic mass is 35.5. The van der Waals surface area contributed by atoms with Gasteiger partial charge in [0.2, 0.25) is 10.0 Å². The summed E-state index contributed by atoms with van der Waals surface area (Å²) >= 11 is 5.86. The van der Waals surface area contributed by atoms with E-state index in [1.165, 1.54) is 22.7 Å². The molecule has 7 heteroatoms. The number of rotatable bonds is 6. The molecule has 2 aromatic rings. The van der Waals surface area contributed by atoms with Crippen LogP contribution in [0.2, 0.25) is 5.02 Å². The van der Waals surface area contributed by atoms with Crippen LogP contribution in [0.3, 0.4) is 0 Å². The molecule has 0 radical (unpaired) electrons. The lowest BCUT2D eigenvalue weighted by atomic mass is 10.1. The van der Waals surface area contributed by atoms with Crippen molar-refractivity contribution in [3.05, 3.63) is 59.6 Å². The Morgan fingerprint density at radius 2 is 1.63 bits per heavy atom. The monoisotopic (exact) mass is 408 g/mol. The second kappa shape index (κ2) is 8.19. The SMILES string of the molecule is CC(C)(C[NH+]1CCN(c2ccccc2)CC1)NS(=O)(=O)c1ccc(Cl)cc1. The molecule has 0 amide bonds. The highest BCUT2D eigenvalue weighted by Crippen LogP contribution is 2.16. The van der Waals surface area contributed by atoms with Gasteiger partial charge in [-0.3, -0.25) is 0 Å². The molecule has 0 aromatic heterocycles. The summed E-state index contributed by atoms with van der Waals surface area (Å²) in [7, 11) is -3.57. The van der Waals surface area contributed by atoms with Crippen LogP contribution in [0.5, 0.6) is 0 Å². The minimum Gasteiger partial charge on any atom is -0.360 e. The van der Waals surface area contributed by atoms with Gasteiger partial charge in [-0.2, -0.15) is 4.72 Å². The Morgan fingerprint density at radius 3 is 2.22 bits per heavy atom. The van der Waals surface area contributed by atoms with Crippen molar-refractivity contribution >= 4 is 27.3 Å². The van der Waals surface area contributed by atoms with Gasteiger partial charge in [0.1, 0.15) is 0 Å². The maximum Gasteiger partial charge on any atom is 0.241 e. The fourth-order valence-electron chi connectivity index (χ4n) is 3.59. The summed E-state index contributed by atoms with van der Waals surface area (Å²) in [6.45, 7) is 8.54. The Labute approximate surface area is 167 Å². The first-order valence-corrected chi connectivity index (χ1v) is 11.0. The largest absolute Gasteiger partial charge is 0.360 e. The third-order valence-electron chi connectivity index (χ3n) is 4.82. The van der Waals surface area contributed by atoms with Crippen LogP contribution in [0, 0.1) is 0 Å². The van der Waals surface area contributed by atoms with Crippen LogP contribution in [-0.2, 0) is 10.0 Å². The van der Waals surface area contributed by atoms with Crippen LogP contribution in [0.25, 0.3) is 0 Å². The number of nitrogens with zero attached hydrogens (tertiary/aromatic N) is 1. The number of benzene rings is 2. The first kappa shape index (κ1) is 20.1. The normalized spacial score (nSPS) is 16.5. The fourth-order valence-corrected chi connectivity index (χ4v) is 5.13. The lowest BCUT2D eigenvalue weighted by Gasteiger charge is -2.37. The summed E-state index contributed by atoms with van der Waals surface area (Å²) in [6, 6.07) is 16.7. The standard InChI is InChI=1S/C20H26ClN3O2S/c1-20(2,22-27(25,26)19-10-8-17(21)9-11-19)16-23-12-14-24(15-13-23)18-6-4-3-5-7-18/h3-11,22H,12-16H2,1-2H3/p+1. The van der Waals surface area contributed by atoms with Crippen molar-refractivity contribution in [1.29, 1.82) is 0 Å². The molecule has 1 aliphatic rings. The molecule has 1 heterocycles. The predicted molar refractivity (Wildman–Crippen MR) is 110 cm³/mol. The van der Waals surface area contributed by atoms with Crippen LogP contribution >= 0.6 is 11.6 Å². The van der Waals surface area contributed by atoms with E-state index in [1.807, 2.05) is 19.9 Å². The summed E-state index contributed by atoms with van der Waals surface area (Å²) in [5.41, 5.74) is 0.710. The van der Waals surface area contributed by atoms with Gasteiger partial charge in [0.05, 0.1) is 43.2 Å². The summed E-state index contributed by atoms with van der Waals surface area (Å²) in [6.07, 6.45) is 0. The van der Waals surface area contributed by atoms with Crippen molar-refractivity contribution in [2.45, 2.75) is 24.3 Å². The number of quaternary nitrogens is 1. The van der Waals surface area contributed by atoms with Crippen LogP contribution in [0.1, 0.15) is 13.8 Å². The minimum absolute atomic E-state index is 0.240. The fraction of sp³-hybridized carbons (Fsp3) is 0.400. The van der Waals surface area contributed by atoms with Gasteiger partial charge in [0.15, 0.2) is 0 Å². The molecule has 1 saturated heterocycles. The number of halogens is 1. The lowest BCUT2D eigenvalue weighted by molar-refractivity contribution is -0.904.